The average molecular weight is 356 g/mol. The van der Waals surface area contributed by atoms with E-state index in [0.717, 1.165) is 28.0 Å². The first-order valence-corrected chi connectivity index (χ1v) is 9.08. The van der Waals surface area contributed by atoms with E-state index < -0.39 is 5.92 Å². The predicted molar refractivity (Wildman–Crippen MR) is 111 cm³/mol. The van der Waals surface area contributed by atoms with Crippen LogP contribution in [0, 0.1) is 13.8 Å². The Morgan fingerprint density at radius 1 is 0.852 bits per heavy atom. The lowest BCUT2D eigenvalue weighted by Gasteiger charge is -2.16. The van der Waals surface area contributed by atoms with Gasteiger partial charge in [0.05, 0.1) is 11.6 Å². The summed E-state index contributed by atoms with van der Waals surface area (Å²) in [6.07, 6.45) is 0. The molecule has 1 N–H and O–H groups in total. The van der Waals surface area contributed by atoms with Gasteiger partial charge in [0.2, 0.25) is 0 Å². The zero-order valence-electron chi connectivity index (χ0n) is 15.9. The molecule has 0 unspecified atom stereocenters. The monoisotopic (exact) mass is 356 g/mol. The van der Waals surface area contributed by atoms with E-state index >= 15 is 0 Å². The first-order chi connectivity index (χ1) is 13.1. The molecule has 0 saturated heterocycles. The summed E-state index contributed by atoms with van der Waals surface area (Å²) in [7, 11) is 0. The fourth-order valence-corrected chi connectivity index (χ4v) is 3.18. The molecule has 0 aromatic heterocycles. The second-order valence-corrected chi connectivity index (χ2v) is 6.75. The van der Waals surface area contributed by atoms with Crippen molar-refractivity contribution in [2.24, 2.45) is 5.10 Å². The summed E-state index contributed by atoms with van der Waals surface area (Å²) in [6, 6.07) is 25.8. The van der Waals surface area contributed by atoms with Crippen molar-refractivity contribution in [2.75, 3.05) is 0 Å². The van der Waals surface area contributed by atoms with E-state index in [-0.39, 0.29) is 5.91 Å². The van der Waals surface area contributed by atoms with Gasteiger partial charge in [-0.2, -0.15) is 5.10 Å². The summed E-state index contributed by atoms with van der Waals surface area (Å²) >= 11 is 0. The van der Waals surface area contributed by atoms with Gasteiger partial charge >= 0.3 is 0 Å². The summed E-state index contributed by atoms with van der Waals surface area (Å²) in [5, 5.41) is 4.39. The standard InChI is InChI=1S/C24H24N2O/c1-17-14-15-18(2)22(16-17)19(3)25-26-24(27)23(20-10-6-4-7-11-20)21-12-8-5-9-13-21/h4-16,23H,1-3H3,(H,26,27)/b25-19-. The van der Waals surface area contributed by atoms with Crippen molar-refractivity contribution in [3.8, 4) is 0 Å². The van der Waals surface area contributed by atoms with Crippen LogP contribution >= 0.6 is 0 Å². The van der Waals surface area contributed by atoms with E-state index in [4.69, 9.17) is 0 Å². The Morgan fingerprint density at radius 2 is 1.41 bits per heavy atom. The van der Waals surface area contributed by atoms with Crippen LogP contribution in [-0.4, -0.2) is 11.6 Å². The zero-order chi connectivity index (χ0) is 19.2. The van der Waals surface area contributed by atoms with Crippen molar-refractivity contribution in [3.63, 3.8) is 0 Å². The molecule has 1 amide bonds. The second-order valence-electron chi connectivity index (χ2n) is 6.75. The number of aryl methyl sites for hydroxylation is 2. The molecular weight excluding hydrogens is 332 g/mol. The third-order valence-electron chi connectivity index (χ3n) is 4.64. The van der Waals surface area contributed by atoms with Crippen LogP contribution in [0.5, 0.6) is 0 Å². The van der Waals surface area contributed by atoms with Crippen LogP contribution in [0.4, 0.5) is 0 Å². The van der Waals surface area contributed by atoms with Crippen LogP contribution in [-0.2, 0) is 4.79 Å². The minimum atomic E-state index is -0.400. The van der Waals surface area contributed by atoms with Crippen molar-refractivity contribution >= 4 is 11.6 Å². The Bertz CT molecular complexity index is 907. The van der Waals surface area contributed by atoms with Gasteiger partial charge in [-0.05, 0) is 43.5 Å². The molecule has 3 nitrogen and oxygen atoms in total. The van der Waals surface area contributed by atoms with Gasteiger partial charge in [-0.3, -0.25) is 4.79 Å². The smallest absolute Gasteiger partial charge is 0.252 e. The van der Waals surface area contributed by atoms with Crippen LogP contribution < -0.4 is 5.43 Å². The Labute approximate surface area is 160 Å². The van der Waals surface area contributed by atoms with E-state index in [9.17, 15) is 4.79 Å². The molecule has 0 bridgehead atoms. The van der Waals surface area contributed by atoms with E-state index in [1.54, 1.807) is 0 Å². The van der Waals surface area contributed by atoms with Crippen LogP contribution in [0.25, 0.3) is 0 Å². The lowest BCUT2D eigenvalue weighted by Crippen LogP contribution is -2.27. The molecule has 0 fully saturated rings. The van der Waals surface area contributed by atoms with Crippen molar-refractivity contribution in [2.45, 2.75) is 26.7 Å². The van der Waals surface area contributed by atoms with Gasteiger partial charge in [0.1, 0.15) is 0 Å². The maximum atomic E-state index is 13.0. The molecule has 0 atom stereocenters. The number of rotatable bonds is 5. The highest BCUT2D eigenvalue weighted by molar-refractivity contribution is 6.01. The molecule has 0 aliphatic heterocycles. The molecule has 3 heteroatoms. The first kappa shape index (κ1) is 18.6. The summed E-state index contributed by atoms with van der Waals surface area (Å²) in [6.45, 7) is 6.02. The van der Waals surface area contributed by atoms with Gasteiger partial charge in [-0.1, -0.05) is 78.4 Å². The number of nitrogens with zero attached hydrogens (tertiary/aromatic N) is 1. The van der Waals surface area contributed by atoms with Crippen molar-refractivity contribution < 1.29 is 4.79 Å². The molecule has 0 aliphatic rings. The lowest BCUT2D eigenvalue weighted by atomic mass is 9.91. The Balaban J connectivity index is 1.88. The highest BCUT2D eigenvalue weighted by Gasteiger charge is 2.22. The summed E-state index contributed by atoms with van der Waals surface area (Å²) in [5.74, 6) is -0.542. The second kappa shape index (κ2) is 8.45. The number of hydrogen-bond donors (Lipinski definition) is 1. The molecule has 0 spiro atoms. The van der Waals surface area contributed by atoms with E-state index in [1.807, 2.05) is 74.5 Å². The largest absolute Gasteiger partial charge is 0.272 e. The van der Waals surface area contributed by atoms with Gasteiger partial charge in [0.15, 0.2) is 0 Å². The maximum Gasteiger partial charge on any atom is 0.252 e. The normalized spacial score (nSPS) is 11.5. The van der Waals surface area contributed by atoms with Crippen molar-refractivity contribution in [1.29, 1.82) is 0 Å². The van der Waals surface area contributed by atoms with Crippen LogP contribution in [0.2, 0.25) is 0 Å². The van der Waals surface area contributed by atoms with Crippen LogP contribution in [0.3, 0.4) is 0 Å². The van der Waals surface area contributed by atoms with Crippen LogP contribution in [0.1, 0.15) is 40.7 Å². The van der Waals surface area contributed by atoms with Gasteiger partial charge in [-0.15, -0.1) is 0 Å². The Hall–Kier alpha value is -3.20. The minimum absolute atomic E-state index is 0.142. The average Bonchev–Trinajstić information content (AvgIpc) is 2.70. The fraction of sp³-hybridized carbons (Fsp3) is 0.167. The van der Waals surface area contributed by atoms with Gasteiger partial charge in [0.25, 0.3) is 5.91 Å². The van der Waals surface area contributed by atoms with Crippen molar-refractivity contribution in [3.05, 3.63) is 107 Å². The SMILES string of the molecule is C/C(=N/NC(=O)C(c1ccccc1)c1ccccc1)c1cc(C)ccc1C. The highest BCUT2D eigenvalue weighted by atomic mass is 16.2. The van der Waals surface area contributed by atoms with Gasteiger partial charge in [0, 0.05) is 5.56 Å². The minimum Gasteiger partial charge on any atom is -0.272 e. The zero-order valence-corrected chi connectivity index (χ0v) is 15.9. The molecule has 3 aromatic rings. The summed E-state index contributed by atoms with van der Waals surface area (Å²) < 4.78 is 0. The molecule has 3 aromatic carbocycles. The van der Waals surface area contributed by atoms with E-state index in [1.165, 1.54) is 5.56 Å². The van der Waals surface area contributed by atoms with E-state index in [0.29, 0.717) is 0 Å². The number of benzene rings is 3. The van der Waals surface area contributed by atoms with Crippen LogP contribution in [0.15, 0.2) is 84.0 Å². The van der Waals surface area contributed by atoms with Gasteiger partial charge in [-0.25, -0.2) is 5.43 Å². The number of amides is 1. The molecule has 0 saturated carbocycles. The predicted octanol–water partition coefficient (Wildman–Crippen LogP) is 4.98. The quantitative estimate of drug-likeness (QED) is 0.509. The molecule has 27 heavy (non-hydrogen) atoms. The van der Waals surface area contributed by atoms with E-state index in [2.05, 4.69) is 35.7 Å². The number of carbonyl (C=O) groups is 1. The summed E-state index contributed by atoms with van der Waals surface area (Å²) in [4.78, 5) is 13.0. The molecule has 0 radical (unpaired) electrons. The maximum absolute atomic E-state index is 13.0. The number of nitrogens with one attached hydrogen (secondary N) is 1. The van der Waals surface area contributed by atoms with Crippen molar-refractivity contribution in [1.82, 2.24) is 5.43 Å². The molecular formula is C24H24N2O. The summed E-state index contributed by atoms with van der Waals surface area (Å²) in [5.41, 5.74) is 8.81. The molecule has 0 aliphatic carbocycles. The first-order valence-electron chi connectivity index (χ1n) is 9.08. The topological polar surface area (TPSA) is 41.5 Å². The number of carbonyl (C=O) groups excluding carboxylic acids is 1. The number of hydrazone groups is 1. The Morgan fingerprint density at radius 3 is 1.96 bits per heavy atom. The number of hydrogen-bond acceptors (Lipinski definition) is 2. The fourth-order valence-electron chi connectivity index (χ4n) is 3.18. The molecule has 0 heterocycles. The highest BCUT2D eigenvalue weighted by Crippen LogP contribution is 2.24. The molecule has 136 valence electrons. The third-order valence-corrected chi connectivity index (χ3v) is 4.64. The molecule has 3 rings (SSSR count). The lowest BCUT2D eigenvalue weighted by molar-refractivity contribution is -0.121. The Kier molecular flexibility index (Phi) is 5.82. The van der Waals surface area contributed by atoms with Gasteiger partial charge < -0.3 is 0 Å². The third kappa shape index (κ3) is 4.50.